The van der Waals surface area contributed by atoms with Crippen molar-refractivity contribution in [3.05, 3.63) is 144 Å². The first-order chi connectivity index (χ1) is 23.3. The van der Waals surface area contributed by atoms with E-state index >= 15 is 0 Å². The molecule has 0 amide bonds. The molecular weight excluding hydrogens is 602 g/mol. The van der Waals surface area contributed by atoms with Crippen molar-refractivity contribution in [3.8, 4) is 11.1 Å². The van der Waals surface area contributed by atoms with Gasteiger partial charge < -0.3 is 29.7 Å². The van der Waals surface area contributed by atoms with Gasteiger partial charge in [-0.05, 0) is 62.7 Å². The third kappa shape index (κ3) is 4.22. The molecule has 0 aliphatic heterocycles. The monoisotopic (exact) mass is 631 g/mol. The van der Waals surface area contributed by atoms with Crippen molar-refractivity contribution in [2.45, 2.75) is 13.5 Å². The quantitative estimate of drug-likeness (QED) is 0.0599. The van der Waals surface area contributed by atoms with Gasteiger partial charge >= 0.3 is 5.97 Å². The Morgan fingerprint density at radius 1 is 0.646 bits per heavy atom. The normalized spacial score (nSPS) is 12.4. The summed E-state index contributed by atoms with van der Waals surface area (Å²) in [5, 5.41) is 48.5. The second kappa shape index (κ2) is 10.9. The third-order valence-corrected chi connectivity index (χ3v) is 9.29. The summed E-state index contributed by atoms with van der Waals surface area (Å²) in [5.74, 6) is -3.80. The lowest BCUT2D eigenvalue weighted by atomic mass is 9.91. The molecule has 0 saturated carbocycles. The number of aryl methyl sites for hydroxylation is 1. The molecule has 0 aliphatic rings. The van der Waals surface area contributed by atoms with E-state index in [2.05, 4.69) is 25.6 Å². The van der Waals surface area contributed by atoms with E-state index in [9.17, 15) is 25.2 Å². The molecule has 0 atom stereocenters. The van der Waals surface area contributed by atoms with Gasteiger partial charge in [-0.15, -0.1) is 0 Å². The first-order valence-corrected chi connectivity index (χ1v) is 15.4. The number of para-hydroxylation sites is 2. The maximum atomic E-state index is 11.8. The Kier molecular flexibility index (Phi) is 6.61. The molecule has 7 heteroatoms. The second-order valence-corrected chi connectivity index (χ2v) is 11.9. The van der Waals surface area contributed by atoms with Crippen LogP contribution in [-0.2, 0) is 11.4 Å². The van der Waals surface area contributed by atoms with Crippen LogP contribution >= 0.6 is 0 Å². The van der Waals surface area contributed by atoms with Gasteiger partial charge in [-0.1, -0.05) is 104 Å². The molecule has 8 rings (SSSR count). The van der Waals surface area contributed by atoms with Crippen LogP contribution in [0.1, 0.15) is 11.1 Å². The average molecular weight is 632 g/mol. The first kappa shape index (κ1) is 29.1. The van der Waals surface area contributed by atoms with Gasteiger partial charge in [0.25, 0.3) is 0 Å². The summed E-state index contributed by atoms with van der Waals surface area (Å²) >= 11 is 0. The lowest BCUT2D eigenvalue weighted by Crippen LogP contribution is -2.20. The van der Waals surface area contributed by atoms with Crippen molar-refractivity contribution in [2.75, 3.05) is 4.90 Å². The smallest absolute Gasteiger partial charge is 0.375 e. The zero-order valence-corrected chi connectivity index (χ0v) is 25.9. The molecule has 0 unspecified atom stereocenters. The molecule has 0 saturated heterocycles. The first-order valence-electron chi connectivity index (χ1n) is 15.4. The molecule has 0 radical (unpaired) electrons. The predicted molar refractivity (Wildman–Crippen MR) is 191 cm³/mol. The number of hydrogen-bond donors (Lipinski definition) is 4. The largest absolute Gasteiger partial charge is 0.503 e. The second-order valence-electron chi connectivity index (χ2n) is 11.9. The minimum absolute atomic E-state index is 0.115. The fourth-order valence-corrected chi connectivity index (χ4v) is 7.01. The summed E-state index contributed by atoms with van der Waals surface area (Å²) in [6.07, 6.45) is 0. The highest BCUT2D eigenvalue weighted by Crippen LogP contribution is 2.47. The van der Waals surface area contributed by atoms with E-state index in [1.165, 1.54) is 0 Å². The Hall–Kier alpha value is -6.31. The number of fused-ring (bicyclic) bond motifs is 3. The molecule has 48 heavy (non-hydrogen) atoms. The summed E-state index contributed by atoms with van der Waals surface area (Å²) in [5.41, 5.74) is 5.93. The molecule has 8 aromatic rings. The minimum Gasteiger partial charge on any atom is -0.503 e. The summed E-state index contributed by atoms with van der Waals surface area (Å²) in [6.45, 7) is 6.04. The highest BCUT2D eigenvalue weighted by Gasteiger charge is 2.27. The Morgan fingerprint density at radius 2 is 1.27 bits per heavy atom. The van der Waals surface area contributed by atoms with E-state index in [1.807, 2.05) is 97.1 Å². The fourth-order valence-electron chi connectivity index (χ4n) is 7.01. The van der Waals surface area contributed by atoms with E-state index < -0.39 is 17.5 Å². The number of furan rings is 1. The Labute approximate surface area is 274 Å². The number of nitrogens with zero attached hydrogens (tertiary/aromatic N) is 1. The molecule has 0 aliphatic carbocycles. The van der Waals surface area contributed by atoms with E-state index in [0.29, 0.717) is 22.5 Å². The topological polar surface area (TPSA) is 114 Å². The highest BCUT2D eigenvalue weighted by atomic mass is 16.4. The number of anilines is 2. The van der Waals surface area contributed by atoms with Crippen LogP contribution in [0.2, 0.25) is 0 Å². The van der Waals surface area contributed by atoms with E-state index in [1.54, 1.807) is 4.90 Å². The van der Waals surface area contributed by atoms with Gasteiger partial charge in [-0.3, -0.25) is 0 Å². The number of benzene rings is 7. The Bertz CT molecular complexity index is 2650. The van der Waals surface area contributed by atoms with Gasteiger partial charge in [0.05, 0.1) is 23.7 Å². The highest BCUT2D eigenvalue weighted by molar-refractivity contribution is 6.26. The number of aliphatic carboxylic acids is 1. The zero-order valence-electron chi connectivity index (χ0n) is 25.9. The molecule has 234 valence electrons. The van der Waals surface area contributed by atoms with Crippen LogP contribution < -0.4 is 4.90 Å². The van der Waals surface area contributed by atoms with E-state index in [4.69, 9.17) is 4.42 Å². The van der Waals surface area contributed by atoms with Crippen LogP contribution in [0.25, 0.3) is 65.4 Å². The van der Waals surface area contributed by atoms with Crippen LogP contribution in [0, 0.1) is 6.92 Å². The molecular formula is C41H29NO6. The number of hydrogen-bond acceptors (Lipinski definition) is 6. The lowest BCUT2D eigenvalue weighted by molar-refractivity contribution is -0.135. The summed E-state index contributed by atoms with van der Waals surface area (Å²) in [6, 6.07) is 35.5. The standard InChI is InChI=1S/C41H29NO6/c1-22-7-3-4-8-27(22)29-9-5-10-30-31-11-6-12-34(40(31)48-39(29)30)42(23(2)37(44)38(45)41(46)47)33-20-17-25-15-18-28-26(21-43)14-13-24-16-19-32(33)36(25)35(24)28/h3-20,43-45H,2,21H2,1H3,(H,46,47)/b38-37-. The molecule has 0 spiro atoms. The van der Waals surface area contributed by atoms with Crippen molar-refractivity contribution in [1.82, 2.24) is 0 Å². The van der Waals surface area contributed by atoms with Crippen LogP contribution in [-0.4, -0.2) is 26.4 Å². The van der Waals surface area contributed by atoms with Crippen LogP contribution in [0.4, 0.5) is 11.4 Å². The molecule has 1 heterocycles. The molecule has 4 N–H and O–H groups in total. The molecule has 0 bridgehead atoms. The van der Waals surface area contributed by atoms with Crippen LogP contribution in [0.3, 0.4) is 0 Å². The average Bonchev–Trinajstić information content (AvgIpc) is 3.50. The SMILES string of the molecule is C=C(/C(O)=C(/O)C(=O)O)N(c1ccc2ccc3c(CO)ccc4ccc1c2c43)c1cccc2c1oc1c(-c3ccccc3C)cccc12. The van der Waals surface area contributed by atoms with Gasteiger partial charge in [0.1, 0.15) is 5.58 Å². The van der Waals surface area contributed by atoms with E-state index in [0.717, 1.165) is 65.3 Å². The van der Waals surface area contributed by atoms with Gasteiger partial charge in [-0.2, -0.15) is 0 Å². The minimum atomic E-state index is -1.69. The number of carboxylic acid groups (broad SMARTS) is 1. The number of carboxylic acids is 1. The third-order valence-electron chi connectivity index (χ3n) is 9.29. The van der Waals surface area contributed by atoms with Gasteiger partial charge in [0.2, 0.25) is 5.76 Å². The lowest BCUT2D eigenvalue weighted by Gasteiger charge is -2.28. The molecule has 1 aromatic heterocycles. The number of aliphatic hydroxyl groups is 3. The van der Waals surface area contributed by atoms with Crippen molar-refractivity contribution >= 4 is 71.6 Å². The van der Waals surface area contributed by atoms with Crippen LogP contribution in [0.5, 0.6) is 0 Å². The summed E-state index contributed by atoms with van der Waals surface area (Å²) in [7, 11) is 0. The number of carbonyl (C=O) groups is 1. The van der Waals surface area contributed by atoms with E-state index in [-0.39, 0.29) is 12.3 Å². The number of rotatable bonds is 7. The Balaban J connectivity index is 1.46. The zero-order chi connectivity index (χ0) is 33.3. The van der Waals surface area contributed by atoms with Gasteiger partial charge in [0, 0.05) is 21.7 Å². The van der Waals surface area contributed by atoms with Crippen molar-refractivity contribution < 1.29 is 29.6 Å². The predicted octanol–water partition coefficient (Wildman–Crippen LogP) is 10.0. The molecule has 7 aromatic carbocycles. The van der Waals surface area contributed by atoms with Crippen molar-refractivity contribution in [1.29, 1.82) is 0 Å². The van der Waals surface area contributed by atoms with Crippen molar-refractivity contribution in [2.24, 2.45) is 0 Å². The summed E-state index contributed by atoms with van der Waals surface area (Å²) in [4.78, 5) is 13.4. The Morgan fingerprint density at radius 3 is 2.00 bits per heavy atom. The van der Waals surface area contributed by atoms with Crippen LogP contribution in [0.15, 0.2) is 137 Å². The molecule has 7 nitrogen and oxygen atoms in total. The maximum absolute atomic E-state index is 11.8. The van der Waals surface area contributed by atoms with Gasteiger partial charge in [0.15, 0.2) is 11.3 Å². The summed E-state index contributed by atoms with van der Waals surface area (Å²) < 4.78 is 6.73. The van der Waals surface area contributed by atoms with Crippen molar-refractivity contribution in [3.63, 3.8) is 0 Å². The maximum Gasteiger partial charge on any atom is 0.375 e. The van der Waals surface area contributed by atoms with Gasteiger partial charge in [-0.25, -0.2) is 4.79 Å². The molecule has 0 fully saturated rings. The fraction of sp³-hybridized carbons (Fsp3) is 0.0488. The number of aliphatic hydroxyl groups excluding tert-OH is 3.